The molecule has 2 heterocycles. The second-order valence-corrected chi connectivity index (χ2v) is 7.52. The Morgan fingerprint density at radius 3 is 2.69 bits per heavy atom. The van der Waals surface area contributed by atoms with Crippen LogP contribution in [0.25, 0.3) is 5.69 Å². The summed E-state index contributed by atoms with van der Waals surface area (Å²) in [6, 6.07) is 4.89. The Bertz CT molecular complexity index is 968. The summed E-state index contributed by atoms with van der Waals surface area (Å²) >= 11 is 0. The molecule has 154 valence electrons. The Balaban J connectivity index is 1.69. The maximum atomic E-state index is 13.1. The molecule has 1 aliphatic heterocycles. The molecule has 4 rings (SSSR count). The number of likely N-dealkylation sites (tertiary alicyclic amines) is 1. The van der Waals surface area contributed by atoms with E-state index in [4.69, 9.17) is 0 Å². The van der Waals surface area contributed by atoms with Gasteiger partial charge in [0, 0.05) is 24.3 Å². The number of alkyl halides is 3. The second-order valence-electron chi connectivity index (χ2n) is 7.52. The average molecular weight is 407 g/mol. The number of rotatable bonds is 3. The summed E-state index contributed by atoms with van der Waals surface area (Å²) < 4.78 is 40.7. The summed E-state index contributed by atoms with van der Waals surface area (Å²) in [6.07, 6.45) is -1.29. The van der Waals surface area contributed by atoms with Crippen molar-refractivity contribution in [3.8, 4) is 5.69 Å². The zero-order valence-corrected chi connectivity index (χ0v) is 15.6. The number of carbonyl (C=O) groups excluding carboxylic acids is 1. The van der Waals surface area contributed by atoms with Crippen LogP contribution in [0, 0.1) is 5.92 Å². The van der Waals surface area contributed by atoms with Gasteiger partial charge in [-0.05, 0) is 50.3 Å². The van der Waals surface area contributed by atoms with Gasteiger partial charge in [-0.25, -0.2) is 4.68 Å². The molecule has 1 aliphatic carbocycles. The predicted octanol–water partition coefficient (Wildman–Crippen LogP) is 3.32. The van der Waals surface area contributed by atoms with Crippen molar-refractivity contribution in [1.29, 1.82) is 0 Å². The summed E-state index contributed by atoms with van der Waals surface area (Å²) in [4.78, 5) is 25.9. The lowest BCUT2D eigenvalue weighted by Crippen LogP contribution is -2.42. The van der Waals surface area contributed by atoms with E-state index in [1.54, 1.807) is 0 Å². The Hall–Kier alpha value is -2.84. The third kappa shape index (κ3) is 3.61. The zero-order chi connectivity index (χ0) is 20.8. The van der Waals surface area contributed by atoms with Crippen molar-refractivity contribution in [2.24, 2.45) is 5.92 Å². The molecule has 1 saturated heterocycles. The predicted molar refractivity (Wildman–Crippen MR) is 96.9 cm³/mol. The fraction of sp³-hybridized carbons (Fsp3) is 0.450. The molecular weight excluding hydrogens is 387 g/mol. The first-order valence-corrected chi connectivity index (χ1v) is 9.56. The fourth-order valence-electron chi connectivity index (χ4n) is 4.15. The monoisotopic (exact) mass is 407 g/mol. The number of aromatic nitrogens is 2. The molecule has 0 radical (unpaired) electrons. The number of carboxylic acid groups (broad SMARTS) is 1. The van der Waals surface area contributed by atoms with Crippen molar-refractivity contribution in [2.45, 2.75) is 38.3 Å². The van der Waals surface area contributed by atoms with Crippen LogP contribution in [0.5, 0.6) is 0 Å². The van der Waals surface area contributed by atoms with Gasteiger partial charge in [-0.3, -0.25) is 9.59 Å². The highest BCUT2D eigenvalue weighted by molar-refractivity contribution is 5.94. The largest absolute Gasteiger partial charge is 0.481 e. The summed E-state index contributed by atoms with van der Waals surface area (Å²) in [5, 5.41) is 13.6. The van der Waals surface area contributed by atoms with Crippen molar-refractivity contribution >= 4 is 11.9 Å². The van der Waals surface area contributed by atoms with E-state index in [0.717, 1.165) is 29.8 Å². The third-order valence-corrected chi connectivity index (χ3v) is 5.61. The van der Waals surface area contributed by atoms with Crippen LogP contribution in [-0.4, -0.2) is 44.8 Å². The number of amides is 1. The lowest BCUT2D eigenvalue weighted by atomic mass is 9.98. The SMILES string of the molecule is O=C(O)C1CCCN(C(=O)c2nn(-c3cccc(C(F)(F)F)c3)c3c2CCC3)C1. The van der Waals surface area contributed by atoms with E-state index < -0.39 is 23.6 Å². The van der Waals surface area contributed by atoms with Crippen LogP contribution in [0.2, 0.25) is 0 Å². The number of carboxylic acids is 1. The second kappa shape index (κ2) is 7.20. The molecule has 0 bridgehead atoms. The molecule has 29 heavy (non-hydrogen) atoms. The van der Waals surface area contributed by atoms with E-state index >= 15 is 0 Å². The summed E-state index contributed by atoms with van der Waals surface area (Å²) in [6.45, 7) is 0.577. The van der Waals surface area contributed by atoms with E-state index in [2.05, 4.69) is 5.10 Å². The Morgan fingerprint density at radius 2 is 1.97 bits per heavy atom. The van der Waals surface area contributed by atoms with E-state index in [1.165, 1.54) is 21.7 Å². The van der Waals surface area contributed by atoms with Gasteiger partial charge in [0.05, 0.1) is 17.2 Å². The molecule has 1 unspecified atom stereocenters. The van der Waals surface area contributed by atoms with E-state index in [-0.39, 0.29) is 23.8 Å². The van der Waals surface area contributed by atoms with Crippen LogP contribution in [0.1, 0.15) is 46.6 Å². The fourth-order valence-corrected chi connectivity index (χ4v) is 4.15. The molecule has 1 amide bonds. The number of piperidine rings is 1. The van der Waals surface area contributed by atoms with Gasteiger partial charge >= 0.3 is 12.1 Å². The Morgan fingerprint density at radius 1 is 1.17 bits per heavy atom. The molecule has 2 aliphatic rings. The molecule has 1 aromatic carbocycles. The quantitative estimate of drug-likeness (QED) is 0.847. The van der Waals surface area contributed by atoms with Crippen molar-refractivity contribution in [3.63, 3.8) is 0 Å². The molecule has 2 aromatic rings. The minimum absolute atomic E-state index is 0.124. The number of carbonyl (C=O) groups is 2. The summed E-state index contributed by atoms with van der Waals surface area (Å²) in [5.41, 5.74) is 1.22. The van der Waals surface area contributed by atoms with Crippen molar-refractivity contribution in [3.05, 3.63) is 46.8 Å². The average Bonchev–Trinajstić information content (AvgIpc) is 3.29. The third-order valence-electron chi connectivity index (χ3n) is 5.61. The zero-order valence-electron chi connectivity index (χ0n) is 15.6. The molecule has 1 fully saturated rings. The van der Waals surface area contributed by atoms with Gasteiger partial charge in [-0.1, -0.05) is 6.07 Å². The van der Waals surface area contributed by atoms with Crippen LogP contribution in [0.4, 0.5) is 13.2 Å². The van der Waals surface area contributed by atoms with Gasteiger partial charge in [0.15, 0.2) is 5.69 Å². The number of hydrogen-bond acceptors (Lipinski definition) is 3. The molecule has 0 spiro atoms. The lowest BCUT2D eigenvalue weighted by Gasteiger charge is -2.30. The van der Waals surface area contributed by atoms with Crippen LogP contribution in [-0.2, 0) is 23.8 Å². The first kappa shape index (κ1) is 19.5. The van der Waals surface area contributed by atoms with Crippen molar-refractivity contribution in [1.82, 2.24) is 14.7 Å². The van der Waals surface area contributed by atoms with Gasteiger partial charge < -0.3 is 10.0 Å². The minimum Gasteiger partial charge on any atom is -0.481 e. The maximum Gasteiger partial charge on any atom is 0.416 e. The number of nitrogens with zero attached hydrogens (tertiary/aromatic N) is 3. The smallest absolute Gasteiger partial charge is 0.416 e. The Labute approximate surface area is 164 Å². The van der Waals surface area contributed by atoms with Crippen molar-refractivity contribution in [2.75, 3.05) is 13.1 Å². The van der Waals surface area contributed by atoms with Crippen LogP contribution >= 0.6 is 0 Å². The number of halogens is 3. The van der Waals surface area contributed by atoms with E-state index in [0.29, 0.717) is 32.2 Å². The topological polar surface area (TPSA) is 75.4 Å². The molecule has 0 saturated carbocycles. The number of fused-ring (bicyclic) bond motifs is 1. The standard InChI is InChI=1S/C20H20F3N3O3/c21-20(22,23)13-5-1-6-14(10-13)26-16-8-2-7-15(16)17(24-26)18(27)25-9-3-4-12(11-25)19(28)29/h1,5-6,10,12H,2-4,7-9,11H2,(H,28,29). The van der Waals surface area contributed by atoms with Gasteiger partial charge in [-0.15, -0.1) is 0 Å². The minimum atomic E-state index is -4.47. The van der Waals surface area contributed by atoms with E-state index in [1.807, 2.05) is 0 Å². The van der Waals surface area contributed by atoms with Gasteiger partial charge in [0.2, 0.25) is 0 Å². The number of hydrogen-bond donors (Lipinski definition) is 1. The normalized spacial score (nSPS) is 19.3. The molecule has 1 N–H and O–H groups in total. The highest BCUT2D eigenvalue weighted by Gasteiger charge is 2.34. The maximum absolute atomic E-state index is 13.1. The van der Waals surface area contributed by atoms with Crippen LogP contribution in [0.15, 0.2) is 24.3 Å². The Kier molecular flexibility index (Phi) is 4.84. The summed E-state index contributed by atoms with van der Waals surface area (Å²) in [7, 11) is 0. The highest BCUT2D eigenvalue weighted by Crippen LogP contribution is 2.33. The highest BCUT2D eigenvalue weighted by atomic mass is 19.4. The molecule has 9 heteroatoms. The number of aliphatic carboxylic acids is 1. The van der Waals surface area contributed by atoms with Crippen LogP contribution < -0.4 is 0 Å². The molecular formula is C20H20F3N3O3. The molecule has 1 atom stereocenters. The first-order chi connectivity index (χ1) is 13.8. The summed E-state index contributed by atoms with van der Waals surface area (Å²) in [5.74, 6) is -1.88. The van der Waals surface area contributed by atoms with Crippen LogP contribution in [0.3, 0.4) is 0 Å². The molecule has 6 nitrogen and oxygen atoms in total. The molecule has 1 aromatic heterocycles. The number of benzene rings is 1. The van der Waals surface area contributed by atoms with Crippen molar-refractivity contribution < 1.29 is 27.9 Å². The van der Waals surface area contributed by atoms with E-state index in [9.17, 15) is 27.9 Å². The first-order valence-electron chi connectivity index (χ1n) is 9.56. The van der Waals surface area contributed by atoms with Gasteiger partial charge in [0.1, 0.15) is 0 Å². The van der Waals surface area contributed by atoms with Gasteiger partial charge in [0.25, 0.3) is 5.91 Å². The lowest BCUT2D eigenvalue weighted by molar-refractivity contribution is -0.143. The van der Waals surface area contributed by atoms with Gasteiger partial charge in [-0.2, -0.15) is 18.3 Å².